The summed E-state index contributed by atoms with van der Waals surface area (Å²) < 4.78 is 0. The third-order valence-corrected chi connectivity index (χ3v) is 2.58. The van der Waals surface area contributed by atoms with E-state index in [-0.39, 0.29) is 18.3 Å². The van der Waals surface area contributed by atoms with Gasteiger partial charge in [-0.15, -0.1) is 12.4 Å². The Morgan fingerprint density at radius 1 is 1.24 bits per heavy atom. The summed E-state index contributed by atoms with van der Waals surface area (Å²) in [4.78, 5) is 11.5. The zero-order valence-electron chi connectivity index (χ0n) is 10.5. The molecule has 1 aromatic carbocycles. The Bertz CT molecular complexity index is 342. The molecule has 0 unspecified atom stereocenters. The van der Waals surface area contributed by atoms with E-state index in [2.05, 4.69) is 29.7 Å². The Kier molecular flexibility index (Phi) is 8.46. The van der Waals surface area contributed by atoms with Crippen LogP contribution in [0.25, 0.3) is 0 Å². The Morgan fingerprint density at radius 2 is 1.94 bits per heavy atom. The standard InChI is InChI=1S/C13H20N2O.ClH/c1-11-5-3-4-6-12(11)7-8-13(16)15-10-9-14-2;/h3-6,14H,7-10H2,1-2H3,(H,15,16);1H. The van der Waals surface area contributed by atoms with Crippen molar-refractivity contribution < 1.29 is 4.79 Å². The van der Waals surface area contributed by atoms with Crippen LogP contribution in [-0.2, 0) is 11.2 Å². The second-order valence-electron chi connectivity index (χ2n) is 3.88. The van der Waals surface area contributed by atoms with E-state index < -0.39 is 0 Å². The largest absolute Gasteiger partial charge is 0.355 e. The SMILES string of the molecule is CNCCNC(=O)CCc1ccccc1C.Cl. The summed E-state index contributed by atoms with van der Waals surface area (Å²) in [5, 5.41) is 5.86. The number of rotatable bonds is 6. The van der Waals surface area contributed by atoms with Crippen molar-refractivity contribution in [3.8, 4) is 0 Å². The van der Waals surface area contributed by atoms with Crippen LogP contribution in [0.1, 0.15) is 17.5 Å². The van der Waals surface area contributed by atoms with Crippen molar-refractivity contribution in [3.63, 3.8) is 0 Å². The highest BCUT2D eigenvalue weighted by Crippen LogP contribution is 2.09. The third kappa shape index (κ3) is 6.29. The van der Waals surface area contributed by atoms with Gasteiger partial charge in [-0.3, -0.25) is 4.79 Å². The summed E-state index contributed by atoms with van der Waals surface area (Å²) in [5.41, 5.74) is 2.51. The summed E-state index contributed by atoms with van der Waals surface area (Å²) in [6.45, 7) is 3.59. The molecule has 0 radical (unpaired) electrons. The van der Waals surface area contributed by atoms with Crippen LogP contribution in [0.5, 0.6) is 0 Å². The van der Waals surface area contributed by atoms with Gasteiger partial charge >= 0.3 is 0 Å². The molecule has 0 fully saturated rings. The molecule has 0 bridgehead atoms. The summed E-state index contributed by atoms with van der Waals surface area (Å²) in [6.07, 6.45) is 1.38. The van der Waals surface area contributed by atoms with Crippen LogP contribution in [0.3, 0.4) is 0 Å². The maximum absolute atomic E-state index is 11.5. The molecule has 3 nitrogen and oxygen atoms in total. The molecule has 0 saturated heterocycles. The van der Waals surface area contributed by atoms with Gasteiger partial charge in [-0.2, -0.15) is 0 Å². The van der Waals surface area contributed by atoms with Crippen molar-refractivity contribution >= 4 is 18.3 Å². The predicted octanol–water partition coefficient (Wildman–Crippen LogP) is 1.69. The van der Waals surface area contributed by atoms with Crippen molar-refractivity contribution in [2.75, 3.05) is 20.1 Å². The fourth-order valence-corrected chi connectivity index (χ4v) is 1.55. The molecule has 0 atom stereocenters. The van der Waals surface area contributed by atoms with Crippen molar-refractivity contribution in [1.82, 2.24) is 10.6 Å². The minimum absolute atomic E-state index is 0. The zero-order valence-corrected chi connectivity index (χ0v) is 11.3. The van der Waals surface area contributed by atoms with Gasteiger partial charge in [0.2, 0.25) is 5.91 Å². The Balaban J connectivity index is 0.00000256. The molecule has 96 valence electrons. The second kappa shape index (κ2) is 9.02. The van der Waals surface area contributed by atoms with E-state index in [1.807, 2.05) is 19.2 Å². The number of hydrogen-bond acceptors (Lipinski definition) is 2. The monoisotopic (exact) mass is 256 g/mol. The van der Waals surface area contributed by atoms with Crippen LogP contribution in [0.4, 0.5) is 0 Å². The van der Waals surface area contributed by atoms with Gasteiger partial charge in [0.1, 0.15) is 0 Å². The number of benzene rings is 1. The van der Waals surface area contributed by atoms with Gasteiger partial charge in [-0.1, -0.05) is 24.3 Å². The Morgan fingerprint density at radius 3 is 2.59 bits per heavy atom. The molecule has 0 aliphatic rings. The summed E-state index contributed by atoms with van der Waals surface area (Å²) in [5.74, 6) is 0.124. The number of halogens is 1. The number of amides is 1. The van der Waals surface area contributed by atoms with Crippen molar-refractivity contribution in [3.05, 3.63) is 35.4 Å². The van der Waals surface area contributed by atoms with Gasteiger partial charge in [-0.05, 0) is 31.5 Å². The first-order valence-corrected chi connectivity index (χ1v) is 5.70. The predicted molar refractivity (Wildman–Crippen MR) is 73.7 cm³/mol. The van der Waals surface area contributed by atoms with Gasteiger partial charge < -0.3 is 10.6 Å². The molecule has 1 amide bonds. The number of nitrogens with one attached hydrogen (secondary N) is 2. The number of carbonyl (C=O) groups is 1. The second-order valence-corrected chi connectivity index (χ2v) is 3.88. The molecule has 0 spiro atoms. The average molecular weight is 257 g/mol. The van der Waals surface area contributed by atoms with Crippen LogP contribution in [0.2, 0.25) is 0 Å². The van der Waals surface area contributed by atoms with Crippen LogP contribution in [0.15, 0.2) is 24.3 Å². The number of aryl methyl sites for hydroxylation is 2. The Labute approximate surface area is 109 Å². The molecule has 0 heterocycles. The zero-order chi connectivity index (χ0) is 11.8. The molecule has 1 rings (SSSR count). The first-order valence-electron chi connectivity index (χ1n) is 5.70. The average Bonchev–Trinajstić information content (AvgIpc) is 2.28. The van der Waals surface area contributed by atoms with Crippen LogP contribution < -0.4 is 10.6 Å². The van der Waals surface area contributed by atoms with Crippen molar-refractivity contribution in [2.24, 2.45) is 0 Å². The number of likely N-dealkylation sites (N-methyl/N-ethyl adjacent to an activating group) is 1. The van der Waals surface area contributed by atoms with Gasteiger partial charge in [0.25, 0.3) is 0 Å². The first-order chi connectivity index (χ1) is 7.74. The Hall–Kier alpha value is -1.06. The van der Waals surface area contributed by atoms with Crippen LogP contribution in [-0.4, -0.2) is 26.0 Å². The van der Waals surface area contributed by atoms with Gasteiger partial charge in [0, 0.05) is 19.5 Å². The van der Waals surface area contributed by atoms with E-state index in [9.17, 15) is 4.79 Å². The van der Waals surface area contributed by atoms with Gasteiger partial charge in [0.15, 0.2) is 0 Å². The molecular weight excluding hydrogens is 236 g/mol. The third-order valence-electron chi connectivity index (χ3n) is 2.58. The minimum Gasteiger partial charge on any atom is -0.355 e. The van der Waals surface area contributed by atoms with E-state index in [4.69, 9.17) is 0 Å². The molecule has 4 heteroatoms. The molecule has 17 heavy (non-hydrogen) atoms. The summed E-state index contributed by atoms with van der Waals surface area (Å²) in [6, 6.07) is 8.19. The molecule has 0 aromatic heterocycles. The van der Waals surface area contributed by atoms with Crippen LogP contribution in [0, 0.1) is 6.92 Å². The normalized spacial score (nSPS) is 9.53. The first kappa shape index (κ1) is 15.9. The quantitative estimate of drug-likeness (QED) is 0.761. The molecule has 0 aliphatic heterocycles. The van der Waals surface area contributed by atoms with E-state index in [0.717, 1.165) is 13.0 Å². The molecule has 1 aromatic rings. The van der Waals surface area contributed by atoms with E-state index in [1.54, 1.807) is 0 Å². The lowest BCUT2D eigenvalue weighted by atomic mass is 10.0. The highest BCUT2D eigenvalue weighted by molar-refractivity contribution is 5.85. The summed E-state index contributed by atoms with van der Waals surface area (Å²) in [7, 11) is 1.87. The molecular formula is C13H21ClN2O. The lowest BCUT2D eigenvalue weighted by Gasteiger charge is -2.06. The van der Waals surface area contributed by atoms with Gasteiger partial charge in [-0.25, -0.2) is 0 Å². The smallest absolute Gasteiger partial charge is 0.220 e. The highest BCUT2D eigenvalue weighted by atomic mass is 35.5. The maximum atomic E-state index is 11.5. The van der Waals surface area contributed by atoms with Crippen LogP contribution >= 0.6 is 12.4 Å². The fraction of sp³-hybridized carbons (Fsp3) is 0.462. The lowest BCUT2D eigenvalue weighted by molar-refractivity contribution is -0.121. The van der Waals surface area contributed by atoms with E-state index in [0.29, 0.717) is 13.0 Å². The molecule has 0 aliphatic carbocycles. The molecule has 2 N–H and O–H groups in total. The van der Waals surface area contributed by atoms with E-state index >= 15 is 0 Å². The number of carbonyl (C=O) groups excluding carboxylic acids is 1. The van der Waals surface area contributed by atoms with Gasteiger partial charge in [0.05, 0.1) is 0 Å². The number of hydrogen-bond donors (Lipinski definition) is 2. The fourth-order valence-electron chi connectivity index (χ4n) is 1.55. The summed E-state index contributed by atoms with van der Waals surface area (Å²) >= 11 is 0. The van der Waals surface area contributed by atoms with Crippen molar-refractivity contribution in [2.45, 2.75) is 19.8 Å². The molecule has 0 saturated carbocycles. The highest BCUT2D eigenvalue weighted by Gasteiger charge is 2.02. The lowest BCUT2D eigenvalue weighted by Crippen LogP contribution is -2.30. The van der Waals surface area contributed by atoms with Crippen molar-refractivity contribution in [1.29, 1.82) is 0 Å². The maximum Gasteiger partial charge on any atom is 0.220 e. The van der Waals surface area contributed by atoms with E-state index in [1.165, 1.54) is 11.1 Å². The minimum atomic E-state index is 0. The topological polar surface area (TPSA) is 41.1 Å².